The van der Waals surface area contributed by atoms with Crippen molar-refractivity contribution in [2.75, 3.05) is 18.5 Å². The molecule has 2 heterocycles. The summed E-state index contributed by atoms with van der Waals surface area (Å²) in [5, 5.41) is 2.81. The standard InChI is InChI=1S/C14H12N2O3.ClH/c17-14(10-3-5-15-6-4-10)16-11-1-2-12-13(9-11)19-8-7-18-12;/h1-6,9H,7-8H2,(H,16,17);1H. The molecule has 1 aromatic heterocycles. The lowest BCUT2D eigenvalue weighted by molar-refractivity contribution is 0.102. The number of benzene rings is 1. The van der Waals surface area contributed by atoms with E-state index in [1.165, 1.54) is 0 Å². The van der Waals surface area contributed by atoms with Gasteiger partial charge in [0.25, 0.3) is 5.91 Å². The van der Waals surface area contributed by atoms with Crippen LogP contribution in [0.25, 0.3) is 0 Å². The molecule has 0 radical (unpaired) electrons. The molecule has 0 saturated carbocycles. The lowest BCUT2D eigenvalue weighted by Gasteiger charge is -2.19. The van der Waals surface area contributed by atoms with Gasteiger partial charge in [0.15, 0.2) is 11.5 Å². The Morgan fingerprint density at radius 2 is 1.75 bits per heavy atom. The van der Waals surface area contributed by atoms with Crippen molar-refractivity contribution in [2.24, 2.45) is 0 Å². The lowest BCUT2D eigenvalue weighted by atomic mass is 10.2. The van der Waals surface area contributed by atoms with Crippen molar-refractivity contribution in [3.05, 3.63) is 48.3 Å². The summed E-state index contributed by atoms with van der Waals surface area (Å²) in [5.74, 6) is 1.17. The molecule has 104 valence electrons. The van der Waals surface area contributed by atoms with Crippen LogP contribution in [0.15, 0.2) is 42.7 Å². The van der Waals surface area contributed by atoms with Crippen molar-refractivity contribution in [3.63, 3.8) is 0 Å². The second-order valence-electron chi connectivity index (χ2n) is 4.05. The Bertz CT molecular complexity index is 605. The summed E-state index contributed by atoms with van der Waals surface area (Å²) >= 11 is 0. The Labute approximate surface area is 122 Å². The third-order valence-corrected chi connectivity index (χ3v) is 2.74. The predicted octanol–water partition coefficient (Wildman–Crippen LogP) is 2.53. The van der Waals surface area contributed by atoms with Crippen LogP contribution >= 0.6 is 12.4 Å². The van der Waals surface area contributed by atoms with Gasteiger partial charge in [-0.05, 0) is 24.3 Å². The van der Waals surface area contributed by atoms with Crippen molar-refractivity contribution >= 4 is 24.0 Å². The molecule has 0 aliphatic carbocycles. The number of ether oxygens (including phenoxy) is 2. The van der Waals surface area contributed by atoms with Gasteiger partial charge in [-0.25, -0.2) is 0 Å². The van der Waals surface area contributed by atoms with Gasteiger partial charge in [0.2, 0.25) is 0 Å². The topological polar surface area (TPSA) is 60.5 Å². The zero-order valence-electron chi connectivity index (χ0n) is 10.5. The van der Waals surface area contributed by atoms with Gasteiger partial charge in [0, 0.05) is 29.7 Å². The van der Waals surface area contributed by atoms with Crippen LogP contribution in [0.2, 0.25) is 0 Å². The number of rotatable bonds is 2. The molecule has 1 amide bonds. The Balaban J connectivity index is 0.00000147. The number of hydrogen-bond acceptors (Lipinski definition) is 4. The number of nitrogens with one attached hydrogen (secondary N) is 1. The first-order valence-corrected chi connectivity index (χ1v) is 5.94. The predicted molar refractivity (Wildman–Crippen MR) is 76.9 cm³/mol. The average molecular weight is 293 g/mol. The Morgan fingerprint density at radius 1 is 1.05 bits per heavy atom. The fourth-order valence-electron chi connectivity index (χ4n) is 1.83. The number of anilines is 1. The molecule has 0 unspecified atom stereocenters. The third kappa shape index (κ3) is 3.00. The molecule has 0 atom stereocenters. The summed E-state index contributed by atoms with van der Waals surface area (Å²) in [7, 11) is 0. The highest BCUT2D eigenvalue weighted by atomic mass is 35.5. The van der Waals surface area contributed by atoms with Crippen LogP contribution in [0.5, 0.6) is 11.5 Å². The minimum Gasteiger partial charge on any atom is -0.486 e. The maximum absolute atomic E-state index is 12.0. The molecule has 0 spiro atoms. The van der Waals surface area contributed by atoms with Crippen molar-refractivity contribution in [1.82, 2.24) is 4.98 Å². The smallest absolute Gasteiger partial charge is 0.255 e. The van der Waals surface area contributed by atoms with Gasteiger partial charge in [0.05, 0.1) is 0 Å². The molecular formula is C14H13ClN2O3. The third-order valence-electron chi connectivity index (χ3n) is 2.74. The lowest BCUT2D eigenvalue weighted by Crippen LogP contribution is -2.16. The Kier molecular flexibility index (Phi) is 4.42. The molecule has 1 N–H and O–H groups in total. The van der Waals surface area contributed by atoms with Crippen LogP contribution in [-0.4, -0.2) is 24.1 Å². The highest BCUT2D eigenvalue weighted by Gasteiger charge is 2.13. The van der Waals surface area contributed by atoms with Gasteiger partial charge in [0.1, 0.15) is 13.2 Å². The molecule has 0 fully saturated rings. The second-order valence-corrected chi connectivity index (χ2v) is 4.05. The SMILES string of the molecule is Cl.O=C(Nc1ccc2c(c1)OCCO2)c1ccncc1. The monoisotopic (exact) mass is 292 g/mol. The van der Waals surface area contributed by atoms with Gasteiger partial charge < -0.3 is 14.8 Å². The van der Waals surface area contributed by atoms with E-state index in [-0.39, 0.29) is 18.3 Å². The van der Waals surface area contributed by atoms with Crippen molar-refractivity contribution in [1.29, 1.82) is 0 Å². The van der Waals surface area contributed by atoms with Crippen LogP contribution in [0.3, 0.4) is 0 Å². The molecule has 5 nitrogen and oxygen atoms in total. The van der Waals surface area contributed by atoms with Crippen molar-refractivity contribution in [3.8, 4) is 11.5 Å². The van der Waals surface area contributed by atoms with E-state index in [1.54, 1.807) is 42.7 Å². The maximum Gasteiger partial charge on any atom is 0.255 e. The minimum absolute atomic E-state index is 0. The summed E-state index contributed by atoms with van der Waals surface area (Å²) < 4.78 is 10.9. The minimum atomic E-state index is -0.181. The number of carbonyl (C=O) groups excluding carboxylic acids is 1. The van der Waals surface area contributed by atoms with E-state index in [1.807, 2.05) is 0 Å². The fourth-order valence-corrected chi connectivity index (χ4v) is 1.83. The average Bonchev–Trinajstić information content (AvgIpc) is 2.48. The molecule has 2 aromatic rings. The normalized spacial score (nSPS) is 12.2. The maximum atomic E-state index is 12.0. The molecule has 20 heavy (non-hydrogen) atoms. The first-order chi connectivity index (χ1) is 9.33. The summed E-state index contributed by atoms with van der Waals surface area (Å²) in [4.78, 5) is 15.8. The number of pyridine rings is 1. The number of carbonyl (C=O) groups is 1. The summed E-state index contributed by atoms with van der Waals surface area (Å²) in [5.41, 5.74) is 1.23. The number of amides is 1. The van der Waals surface area contributed by atoms with Crippen LogP contribution in [0.4, 0.5) is 5.69 Å². The molecule has 1 aliphatic heterocycles. The van der Waals surface area contributed by atoms with Crippen molar-refractivity contribution < 1.29 is 14.3 Å². The van der Waals surface area contributed by atoms with E-state index in [0.717, 1.165) is 0 Å². The Morgan fingerprint density at radius 3 is 2.50 bits per heavy atom. The molecule has 1 aliphatic rings. The highest BCUT2D eigenvalue weighted by Crippen LogP contribution is 2.32. The molecule has 1 aromatic carbocycles. The fraction of sp³-hybridized carbons (Fsp3) is 0.143. The molecule has 6 heteroatoms. The second kappa shape index (κ2) is 6.25. The van der Waals surface area contributed by atoms with Gasteiger partial charge in [-0.1, -0.05) is 0 Å². The largest absolute Gasteiger partial charge is 0.486 e. The number of aromatic nitrogens is 1. The number of fused-ring (bicyclic) bond motifs is 1. The zero-order valence-corrected chi connectivity index (χ0v) is 11.4. The number of hydrogen-bond donors (Lipinski definition) is 1. The molecule has 3 rings (SSSR count). The van der Waals surface area contributed by atoms with Gasteiger partial charge in [-0.2, -0.15) is 0 Å². The molecule has 0 saturated heterocycles. The van der Waals surface area contributed by atoms with Gasteiger partial charge in [-0.15, -0.1) is 12.4 Å². The van der Waals surface area contributed by atoms with E-state index in [4.69, 9.17) is 9.47 Å². The summed E-state index contributed by atoms with van der Waals surface area (Å²) in [6.07, 6.45) is 3.16. The van der Waals surface area contributed by atoms with Crippen LogP contribution in [-0.2, 0) is 0 Å². The van der Waals surface area contributed by atoms with Crippen LogP contribution < -0.4 is 14.8 Å². The summed E-state index contributed by atoms with van der Waals surface area (Å²) in [6.45, 7) is 1.07. The van der Waals surface area contributed by atoms with E-state index in [2.05, 4.69) is 10.3 Å². The van der Waals surface area contributed by atoms with E-state index in [0.29, 0.717) is 36.0 Å². The summed E-state index contributed by atoms with van der Waals surface area (Å²) in [6, 6.07) is 8.65. The van der Waals surface area contributed by atoms with Gasteiger partial charge >= 0.3 is 0 Å². The van der Waals surface area contributed by atoms with E-state index < -0.39 is 0 Å². The van der Waals surface area contributed by atoms with Gasteiger partial charge in [-0.3, -0.25) is 9.78 Å². The molecular weight excluding hydrogens is 280 g/mol. The zero-order chi connectivity index (χ0) is 13.1. The highest BCUT2D eigenvalue weighted by molar-refractivity contribution is 6.04. The number of halogens is 1. The number of nitrogens with zero attached hydrogens (tertiary/aromatic N) is 1. The van der Waals surface area contributed by atoms with Crippen molar-refractivity contribution in [2.45, 2.75) is 0 Å². The van der Waals surface area contributed by atoms with Crippen LogP contribution in [0.1, 0.15) is 10.4 Å². The van der Waals surface area contributed by atoms with E-state index >= 15 is 0 Å². The quantitative estimate of drug-likeness (QED) is 0.924. The van der Waals surface area contributed by atoms with Crippen LogP contribution in [0, 0.1) is 0 Å². The first-order valence-electron chi connectivity index (χ1n) is 5.94. The Hall–Kier alpha value is -2.27. The van der Waals surface area contributed by atoms with E-state index in [9.17, 15) is 4.79 Å². The molecule has 0 bridgehead atoms. The first kappa shape index (κ1) is 14.1.